The van der Waals surface area contributed by atoms with Crippen molar-refractivity contribution in [1.82, 2.24) is 19.9 Å². The van der Waals surface area contributed by atoms with E-state index in [0.717, 1.165) is 43.5 Å². The van der Waals surface area contributed by atoms with E-state index >= 15 is 0 Å². The van der Waals surface area contributed by atoms with Crippen molar-refractivity contribution in [3.8, 4) is 0 Å². The van der Waals surface area contributed by atoms with Crippen molar-refractivity contribution in [2.75, 3.05) is 43.4 Å². The molecule has 6 heteroatoms. The molecule has 0 saturated carbocycles. The van der Waals surface area contributed by atoms with Gasteiger partial charge in [-0.1, -0.05) is 6.07 Å². The highest BCUT2D eigenvalue weighted by Gasteiger charge is 2.16. The fourth-order valence-electron chi connectivity index (χ4n) is 2.30. The average Bonchev–Trinajstić information content (AvgIpc) is 2.55. The van der Waals surface area contributed by atoms with Gasteiger partial charge in [0.2, 0.25) is 5.95 Å². The van der Waals surface area contributed by atoms with Crippen LogP contribution in [0, 0.1) is 0 Å². The van der Waals surface area contributed by atoms with E-state index in [2.05, 4.69) is 37.1 Å². The third kappa shape index (κ3) is 3.66. The summed E-state index contributed by atoms with van der Waals surface area (Å²) in [6.45, 7) is 4.77. The highest BCUT2D eigenvalue weighted by Crippen LogP contribution is 2.13. The summed E-state index contributed by atoms with van der Waals surface area (Å²) in [5.74, 6) is 1.65. The minimum absolute atomic E-state index is 0.715. The molecule has 0 radical (unpaired) electrons. The maximum atomic E-state index is 4.60. The van der Waals surface area contributed by atoms with Gasteiger partial charge in [0, 0.05) is 51.3 Å². The number of nitrogens with one attached hydrogen (secondary N) is 1. The summed E-state index contributed by atoms with van der Waals surface area (Å²) in [5, 5.41) is 3.32. The Morgan fingerprint density at radius 1 is 1.14 bits per heavy atom. The number of likely N-dealkylation sites (N-methyl/N-ethyl adjacent to an activating group) is 1. The summed E-state index contributed by atoms with van der Waals surface area (Å²) in [4.78, 5) is 17.6. The smallest absolute Gasteiger partial charge is 0.227 e. The number of rotatable bonds is 4. The summed E-state index contributed by atoms with van der Waals surface area (Å²) in [6, 6.07) is 5.88. The second-order valence-electron chi connectivity index (χ2n) is 5.25. The minimum Gasteiger partial charge on any atom is -0.366 e. The van der Waals surface area contributed by atoms with Crippen LogP contribution in [0.15, 0.2) is 36.8 Å². The molecule has 0 atom stereocenters. The normalized spacial score (nSPS) is 16.0. The van der Waals surface area contributed by atoms with E-state index < -0.39 is 0 Å². The van der Waals surface area contributed by atoms with E-state index in [0.29, 0.717) is 6.54 Å². The number of pyridine rings is 1. The average molecular weight is 284 g/mol. The van der Waals surface area contributed by atoms with E-state index in [-0.39, 0.29) is 0 Å². The van der Waals surface area contributed by atoms with Crippen LogP contribution in [-0.4, -0.2) is 53.1 Å². The highest BCUT2D eigenvalue weighted by atomic mass is 15.3. The van der Waals surface area contributed by atoms with Crippen molar-refractivity contribution in [3.05, 3.63) is 42.4 Å². The lowest BCUT2D eigenvalue weighted by Gasteiger charge is -2.32. The highest BCUT2D eigenvalue weighted by molar-refractivity contribution is 5.42. The van der Waals surface area contributed by atoms with E-state index in [1.54, 1.807) is 6.20 Å². The Bertz CT molecular complexity index is 565. The van der Waals surface area contributed by atoms with Gasteiger partial charge < -0.3 is 15.1 Å². The number of aromatic nitrogens is 3. The second kappa shape index (κ2) is 6.49. The zero-order valence-electron chi connectivity index (χ0n) is 12.2. The molecule has 3 heterocycles. The van der Waals surface area contributed by atoms with E-state index in [9.17, 15) is 0 Å². The molecule has 21 heavy (non-hydrogen) atoms. The largest absolute Gasteiger partial charge is 0.366 e. The van der Waals surface area contributed by atoms with Crippen LogP contribution in [0.25, 0.3) is 0 Å². The third-order valence-electron chi connectivity index (χ3n) is 3.63. The summed E-state index contributed by atoms with van der Waals surface area (Å²) in [6.07, 6.45) is 5.45. The van der Waals surface area contributed by atoms with Gasteiger partial charge in [0.15, 0.2) is 0 Å². The molecule has 110 valence electrons. The van der Waals surface area contributed by atoms with Crippen LogP contribution >= 0.6 is 0 Å². The first-order valence-electron chi connectivity index (χ1n) is 7.20. The number of piperazine rings is 1. The van der Waals surface area contributed by atoms with E-state index in [4.69, 9.17) is 0 Å². The van der Waals surface area contributed by atoms with E-state index in [1.807, 2.05) is 30.6 Å². The summed E-state index contributed by atoms with van der Waals surface area (Å²) >= 11 is 0. The van der Waals surface area contributed by atoms with Crippen molar-refractivity contribution in [2.45, 2.75) is 6.54 Å². The lowest BCUT2D eigenvalue weighted by atomic mass is 10.3. The van der Waals surface area contributed by atoms with Crippen molar-refractivity contribution in [1.29, 1.82) is 0 Å². The van der Waals surface area contributed by atoms with E-state index in [1.165, 1.54) is 0 Å². The monoisotopic (exact) mass is 284 g/mol. The maximum Gasteiger partial charge on any atom is 0.227 e. The molecule has 3 rings (SSSR count). The van der Waals surface area contributed by atoms with Gasteiger partial charge in [-0.2, -0.15) is 4.98 Å². The minimum atomic E-state index is 0.715. The quantitative estimate of drug-likeness (QED) is 0.911. The Kier molecular flexibility index (Phi) is 4.25. The number of nitrogens with zero attached hydrogens (tertiary/aromatic N) is 5. The zero-order valence-corrected chi connectivity index (χ0v) is 12.2. The summed E-state index contributed by atoms with van der Waals surface area (Å²) in [7, 11) is 2.14. The molecule has 0 unspecified atom stereocenters. The standard InChI is InChI=1S/C15H20N6/c1-20-7-9-21(10-8-20)15-17-6-4-14(19-15)18-12-13-3-2-5-16-11-13/h2-6,11H,7-10,12H2,1H3,(H,17,18,19). The van der Waals surface area contributed by atoms with Crippen molar-refractivity contribution in [3.63, 3.8) is 0 Å². The Morgan fingerprint density at radius 2 is 2.00 bits per heavy atom. The maximum absolute atomic E-state index is 4.60. The molecule has 1 aliphatic heterocycles. The Labute approximate surface area is 124 Å². The SMILES string of the molecule is CN1CCN(c2nccc(NCc3cccnc3)n2)CC1. The van der Waals surface area contributed by atoms with Crippen LogP contribution in [0.3, 0.4) is 0 Å². The van der Waals surface area contributed by atoms with Gasteiger partial charge in [-0.3, -0.25) is 4.98 Å². The Balaban J connectivity index is 1.63. The Hall–Kier alpha value is -2.21. The predicted octanol–water partition coefficient (Wildman–Crippen LogP) is 1.24. The molecule has 0 amide bonds. The lowest BCUT2D eigenvalue weighted by molar-refractivity contribution is 0.311. The van der Waals surface area contributed by atoms with Crippen molar-refractivity contribution in [2.24, 2.45) is 0 Å². The first kappa shape index (κ1) is 13.8. The van der Waals surface area contributed by atoms with Gasteiger partial charge in [0.25, 0.3) is 0 Å². The third-order valence-corrected chi connectivity index (χ3v) is 3.63. The van der Waals surface area contributed by atoms with Crippen LogP contribution in [0.1, 0.15) is 5.56 Å². The summed E-state index contributed by atoms with van der Waals surface area (Å²) in [5.41, 5.74) is 1.14. The van der Waals surface area contributed by atoms with Gasteiger partial charge >= 0.3 is 0 Å². The fraction of sp³-hybridized carbons (Fsp3) is 0.400. The molecule has 0 aliphatic carbocycles. The molecule has 0 aromatic carbocycles. The van der Waals surface area contributed by atoms with Crippen LogP contribution in [0.2, 0.25) is 0 Å². The molecular weight excluding hydrogens is 264 g/mol. The van der Waals surface area contributed by atoms with Gasteiger partial charge in [-0.05, 0) is 24.7 Å². The summed E-state index contributed by atoms with van der Waals surface area (Å²) < 4.78 is 0. The van der Waals surface area contributed by atoms with Crippen LogP contribution in [0.5, 0.6) is 0 Å². The molecule has 6 nitrogen and oxygen atoms in total. The molecule has 0 bridgehead atoms. The first-order chi connectivity index (χ1) is 10.3. The topological polar surface area (TPSA) is 57.2 Å². The molecule has 1 aliphatic rings. The fourth-order valence-corrected chi connectivity index (χ4v) is 2.30. The molecular formula is C15H20N6. The second-order valence-corrected chi connectivity index (χ2v) is 5.25. The van der Waals surface area contributed by atoms with Gasteiger partial charge in [-0.25, -0.2) is 4.98 Å². The van der Waals surface area contributed by atoms with Crippen LogP contribution in [0.4, 0.5) is 11.8 Å². The van der Waals surface area contributed by atoms with Crippen LogP contribution in [-0.2, 0) is 6.54 Å². The lowest BCUT2D eigenvalue weighted by Crippen LogP contribution is -2.45. The van der Waals surface area contributed by atoms with Gasteiger partial charge in [0.1, 0.15) is 5.82 Å². The van der Waals surface area contributed by atoms with Gasteiger partial charge in [-0.15, -0.1) is 0 Å². The van der Waals surface area contributed by atoms with Crippen molar-refractivity contribution < 1.29 is 0 Å². The molecule has 1 fully saturated rings. The Morgan fingerprint density at radius 3 is 2.76 bits per heavy atom. The predicted molar refractivity (Wildman–Crippen MR) is 83.3 cm³/mol. The first-order valence-corrected chi connectivity index (χ1v) is 7.20. The van der Waals surface area contributed by atoms with Crippen LogP contribution < -0.4 is 10.2 Å². The molecule has 1 saturated heterocycles. The molecule has 1 N–H and O–H groups in total. The molecule has 2 aromatic rings. The van der Waals surface area contributed by atoms with Gasteiger partial charge in [0.05, 0.1) is 0 Å². The number of hydrogen-bond donors (Lipinski definition) is 1. The molecule has 2 aromatic heterocycles. The zero-order chi connectivity index (χ0) is 14.5. The number of hydrogen-bond acceptors (Lipinski definition) is 6. The van der Waals surface area contributed by atoms with Crippen molar-refractivity contribution >= 4 is 11.8 Å². The molecule has 0 spiro atoms. The number of anilines is 2.